The van der Waals surface area contributed by atoms with E-state index in [9.17, 15) is 8.42 Å². The van der Waals surface area contributed by atoms with E-state index in [1.54, 1.807) is 0 Å². The molecule has 0 spiro atoms. The van der Waals surface area contributed by atoms with Gasteiger partial charge in [0.15, 0.2) is 9.34 Å². The Hall–Kier alpha value is -1.45. The van der Waals surface area contributed by atoms with Crippen LogP contribution in [-0.4, -0.2) is 36.3 Å². The molecule has 0 radical (unpaired) electrons. The minimum Gasteiger partial charge on any atom is -0.348 e. The molecule has 0 saturated carbocycles. The Morgan fingerprint density at radius 3 is 2.57 bits per heavy atom. The first-order valence-electron chi connectivity index (χ1n) is 6.65. The summed E-state index contributed by atoms with van der Waals surface area (Å²) in [7, 11) is -1.73. The summed E-state index contributed by atoms with van der Waals surface area (Å²) in [6.45, 7) is 1.72. The molecule has 114 valence electrons. The van der Waals surface area contributed by atoms with Crippen LogP contribution in [0.2, 0.25) is 0 Å². The zero-order chi connectivity index (χ0) is 15.0. The maximum Gasteiger partial charge on any atom is 0.249 e. The van der Waals surface area contributed by atoms with Gasteiger partial charge in [-0.2, -0.15) is 5.10 Å². The Kier molecular flexibility index (Phi) is 3.72. The molecule has 0 bridgehead atoms. The van der Waals surface area contributed by atoms with Crippen LogP contribution in [0.5, 0.6) is 0 Å². The highest BCUT2D eigenvalue weighted by Gasteiger charge is 2.24. The topological polar surface area (TPSA) is 94.1 Å². The fourth-order valence-electron chi connectivity index (χ4n) is 2.58. The molecule has 2 N–H and O–H groups in total. The molecule has 1 aliphatic heterocycles. The maximum atomic E-state index is 11.3. The van der Waals surface area contributed by atoms with E-state index in [0.29, 0.717) is 5.92 Å². The van der Waals surface area contributed by atoms with Crippen molar-refractivity contribution in [3.05, 3.63) is 24.2 Å². The molecule has 21 heavy (non-hydrogen) atoms. The molecule has 1 saturated heterocycles. The minimum atomic E-state index is -3.65. The second-order valence-corrected chi connectivity index (χ2v) is 8.01. The van der Waals surface area contributed by atoms with Gasteiger partial charge in [-0.3, -0.25) is 4.68 Å². The molecule has 7 nitrogen and oxygen atoms in total. The van der Waals surface area contributed by atoms with Gasteiger partial charge in [0.25, 0.3) is 0 Å². The van der Waals surface area contributed by atoms with Crippen molar-refractivity contribution in [2.24, 2.45) is 12.2 Å². The summed E-state index contributed by atoms with van der Waals surface area (Å²) in [6, 6.07) is 0. The monoisotopic (exact) mass is 327 g/mol. The molecule has 0 atom stereocenters. The minimum absolute atomic E-state index is 0.117. The lowest BCUT2D eigenvalue weighted by Gasteiger charge is -2.31. The zero-order valence-electron chi connectivity index (χ0n) is 11.6. The summed E-state index contributed by atoms with van der Waals surface area (Å²) in [5.41, 5.74) is 1.27. The molecule has 2 aromatic rings. The van der Waals surface area contributed by atoms with Crippen LogP contribution in [0.25, 0.3) is 0 Å². The fourth-order valence-corrected chi connectivity index (χ4v) is 4.17. The Morgan fingerprint density at radius 2 is 2.05 bits per heavy atom. The first kappa shape index (κ1) is 14.5. The molecule has 3 rings (SSSR count). The smallest absolute Gasteiger partial charge is 0.249 e. The summed E-state index contributed by atoms with van der Waals surface area (Å²) in [5, 5.41) is 10.1. The average molecular weight is 327 g/mol. The molecule has 9 heteroatoms. The van der Waals surface area contributed by atoms with Gasteiger partial charge in [0, 0.05) is 26.3 Å². The van der Waals surface area contributed by atoms with Gasteiger partial charge < -0.3 is 4.90 Å². The molecular weight excluding hydrogens is 310 g/mol. The third-order valence-electron chi connectivity index (χ3n) is 3.71. The van der Waals surface area contributed by atoms with Crippen LogP contribution in [0.3, 0.4) is 0 Å². The predicted molar refractivity (Wildman–Crippen MR) is 80.9 cm³/mol. The lowest BCUT2D eigenvalue weighted by Crippen LogP contribution is -2.32. The number of hydrogen-bond donors (Lipinski definition) is 1. The van der Waals surface area contributed by atoms with Crippen molar-refractivity contribution in [2.45, 2.75) is 23.0 Å². The number of piperidine rings is 1. The fraction of sp³-hybridized carbons (Fsp3) is 0.500. The third-order valence-corrected chi connectivity index (χ3v) is 6.18. The van der Waals surface area contributed by atoms with Gasteiger partial charge >= 0.3 is 0 Å². The summed E-state index contributed by atoms with van der Waals surface area (Å²) < 4.78 is 24.5. The number of nitrogens with two attached hydrogens (primary N) is 1. The first-order chi connectivity index (χ1) is 9.93. The molecule has 1 aliphatic rings. The molecule has 0 amide bonds. The number of primary sulfonamides is 1. The van der Waals surface area contributed by atoms with Crippen LogP contribution in [0.15, 0.2) is 22.8 Å². The van der Waals surface area contributed by atoms with Crippen molar-refractivity contribution in [2.75, 3.05) is 18.0 Å². The number of thiazole rings is 1. The summed E-state index contributed by atoms with van der Waals surface area (Å²) in [5.74, 6) is 0.507. The van der Waals surface area contributed by atoms with Crippen LogP contribution in [0.1, 0.15) is 24.3 Å². The molecule has 2 aromatic heterocycles. The van der Waals surface area contributed by atoms with Crippen LogP contribution >= 0.6 is 11.3 Å². The standard InChI is InChI=1S/C12H17N5O2S2/c1-16-8-10(6-15-16)9-2-4-17(5-3-9)12-14-7-11(20-12)21(13,18)19/h6-9H,2-5H2,1H3,(H2,13,18,19). The van der Waals surface area contributed by atoms with E-state index in [0.717, 1.165) is 42.4 Å². The third kappa shape index (κ3) is 3.09. The van der Waals surface area contributed by atoms with Gasteiger partial charge in [0.05, 0.1) is 12.4 Å². The highest BCUT2D eigenvalue weighted by molar-refractivity contribution is 7.91. The van der Waals surface area contributed by atoms with Crippen molar-refractivity contribution >= 4 is 26.5 Å². The van der Waals surface area contributed by atoms with Crippen LogP contribution in [-0.2, 0) is 17.1 Å². The van der Waals surface area contributed by atoms with Crippen LogP contribution < -0.4 is 10.0 Å². The summed E-state index contributed by atoms with van der Waals surface area (Å²) >= 11 is 1.13. The molecule has 1 fully saturated rings. The Labute approximate surface area is 127 Å². The van der Waals surface area contributed by atoms with Crippen LogP contribution in [0.4, 0.5) is 5.13 Å². The molecular formula is C12H17N5O2S2. The maximum absolute atomic E-state index is 11.3. The Bertz CT molecular complexity index is 728. The lowest BCUT2D eigenvalue weighted by molar-refractivity contribution is 0.504. The zero-order valence-corrected chi connectivity index (χ0v) is 13.3. The second kappa shape index (κ2) is 5.39. The number of aromatic nitrogens is 3. The number of hydrogen-bond acceptors (Lipinski definition) is 6. The highest BCUT2D eigenvalue weighted by atomic mass is 32.2. The van der Waals surface area contributed by atoms with E-state index in [1.807, 2.05) is 17.9 Å². The van der Waals surface area contributed by atoms with Gasteiger partial charge in [0.1, 0.15) is 0 Å². The molecule has 0 unspecified atom stereocenters. The van der Waals surface area contributed by atoms with Crippen molar-refractivity contribution in [3.63, 3.8) is 0 Å². The molecule has 0 aromatic carbocycles. The summed E-state index contributed by atoms with van der Waals surface area (Å²) in [4.78, 5) is 6.29. The molecule has 3 heterocycles. The van der Waals surface area contributed by atoms with E-state index < -0.39 is 10.0 Å². The number of aryl methyl sites for hydroxylation is 1. The van der Waals surface area contributed by atoms with E-state index in [2.05, 4.69) is 21.2 Å². The summed E-state index contributed by atoms with van der Waals surface area (Å²) in [6.07, 6.45) is 7.33. The van der Waals surface area contributed by atoms with Gasteiger partial charge in [-0.25, -0.2) is 18.5 Å². The van der Waals surface area contributed by atoms with Crippen LogP contribution in [0, 0.1) is 0 Å². The normalized spacial score (nSPS) is 17.3. The Morgan fingerprint density at radius 1 is 1.33 bits per heavy atom. The van der Waals surface area contributed by atoms with Gasteiger partial charge in [-0.05, 0) is 24.3 Å². The van der Waals surface area contributed by atoms with Gasteiger partial charge in [-0.1, -0.05) is 11.3 Å². The van der Waals surface area contributed by atoms with Crippen molar-refractivity contribution in [3.8, 4) is 0 Å². The average Bonchev–Trinajstić information content (AvgIpc) is 3.07. The van der Waals surface area contributed by atoms with E-state index in [-0.39, 0.29) is 4.21 Å². The van der Waals surface area contributed by atoms with Crippen molar-refractivity contribution in [1.82, 2.24) is 14.8 Å². The van der Waals surface area contributed by atoms with Gasteiger partial charge in [0.2, 0.25) is 10.0 Å². The number of rotatable bonds is 3. The predicted octanol–water partition coefficient (Wildman–Crippen LogP) is 0.908. The van der Waals surface area contributed by atoms with Crippen molar-refractivity contribution < 1.29 is 8.42 Å². The number of nitrogens with zero attached hydrogens (tertiary/aromatic N) is 4. The Balaban J connectivity index is 1.67. The van der Waals surface area contributed by atoms with E-state index in [4.69, 9.17) is 5.14 Å². The van der Waals surface area contributed by atoms with Gasteiger partial charge in [-0.15, -0.1) is 0 Å². The highest BCUT2D eigenvalue weighted by Crippen LogP contribution is 2.32. The largest absolute Gasteiger partial charge is 0.348 e. The second-order valence-electron chi connectivity index (χ2n) is 5.22. The molecule has 0 aliphatic carbocycles. The van der Waals surface area contributed by atoms with E-state index in [1.165, 1.54) is 11.8 Å². The quantitative estimate of drug-likeness (QED) is 0.904. The van der Waals surface area contributed by atoms with Crippen molar-refractivity contribution in [1.29, 1.82) is 0 Å². The lowest BCUT2D eigenvalue weighted by atomic mass is 9.92. The SMILES string of the molecule is Cn1cc(C2CCN(c3ncc(S(N)(=O)=O)s3)CC2)cn1. The number of sulfonamides is 1. The number of anilines is 1. The van der Waals surface area contributed by atoms with E-state index >= 15 is 0 Å². The first-order valence-corrected chi connectivity index (χ1v) is 9.02.